The Morgan fingerprint density at radius 3 is 2.75 bits per heavy atom. The molecule has 0 aliphatic carbocycles. The number of aromatic nitrogens is 1. The summed E-state index contributed by atoms with van der Waals surface area (Å²) >= 11 is 1.47. The molecule has 1 atom stereocenters. The summed E-state index contributed by atoms with van der Waals surface area (Å²) in [5, 5.41) is 10.2. The summed E-state index contributed by atoms with van der Waals surface area (Å²) in [5.41, 5.74) is 0. The smallest absolute Gasteiger partial charge is 0.140 e. The molecule has 0 radical (unpaired) electrons. The van der Waals surface area contributed by atoms with Crippen LogP contribution in [-0.4, -0.2) is 10.1 Å². The molecular weight excluding hydrogens is 222 g/mol. The van der Waals surface area contributed by atoms with E-state index >= 15 is 0 Å². The molecule has 1 aromatic carbocycles. The number of rotatable bonds is 4. The van der Waals surface area contributed by atoms with Gasteiger partial charge in [-0.05, 0) is 19.1 Å². The lowest BCUT2D eigenvalue weighted by molar-refractivity contribution is 0.203. The molecule has 0 saturated heterocycles. The second-order valence-electron chi connectivity index (χ2n) is 3.43. The Hall–Kier alpha value is -1.39. The summed E-state index contributed by atoms with van der Waals surface area (Å²) in [7, 11) is 0. The normalized spacial score (nSPS) is 12.4. The van der Waals surface area contributed by atoms with Crippen molar-refractivity contribution in [2.24, 2.45) is 0 Å². The van der Waals surface area contributed by atoms with Gasteiger partial charge in [-0.3, -0.25) is 0 Å². The van der Waals surface area contributed by atoms with Crippen molar-refractivity contribution in [1.82, 2.24) is 4.98 Å². The summed E-state index contributed by atoms with van der Waals surface area (Å²) in [6, 6.07) is 9.62. The summed E-state index contributed by atoms with van der Waals surface area (Å²) in [6.45, 7) is 2.18. The third-order valence-electron chi connectivity index (χ3n) is 2.09. The van der Waals surface area contributed by atoms with Crippen molar-refractivity contribution in [2.75, 3.05) is 0 Å². The average molecular weight is 235 g/mol. The zero-order chi connectivity index (χ0) is 11.4. The van der Waals surface area contributed by atoms with E-state index in [4.69, 9.17) is 4.74 Å². The minimum Gasteiger partial charge on any atom is -0.486 e. The van der Waals surface area contributed by atoms with Gasteiger partial charge in [-0.1, -0.05) is 18.2 Å². The van der Waals surface area contributed by atoms with Crippen molar-refractivity contribution < 1.29 is 9.84 Å². The van der Waals surface area contributed by atoms with Crippen LogP contribution in [0.2, 0.25) is 0 Å². The molecule has 16 heavy (non-hydrogen) atoms. The standard InChI is InChI=1S/C12H13NO2S/c1-9(14)11-7-13-12(16-11)8-15-10-5-3-2-4-6-10/h2-7,9,14H,8H2,1H3. The van der Waals surface area contributed by atoms with Crippen LogP contribution in [0.15, 0.2) is 36.5 Å². The lowest BCUT2D eigenvalue weighted by Crippen LogP contribution is -1.93. The van der Waals surface area contributed by atoms with E-state index in [1.165, 1.54) is 11.3 Å². The van der Waals surface area contributed by atoms with Gasteiger partial charge in [0.2, 0.25) is 0 Å². The quantitative estimate of drug-likeness (QED) is 0.886. The van der Waals surface area contributed by atoms with E-state index in [2.05, 4.69) is 4.98 Å². The fraction of sp³-hybridized carbons (Fsp3) is 0.250. The Morgan fingerprint density at radius 1 is 1.38 bits per heavy atom. The highest BCUT2D eigenvalue weighted by atomic mass is 32.1. The first-order valence-corrected chi connectivity index (χ1v) is 5.88. The summed E-state index contributed by atoms with van der Waals surface area (Å²) < 4.78 is 5.55. The van der Waals surface area contributed by atoms with Crippen molar-refractivity contribution in [1.29, 1.82) is 0 Å². The second-order valence-corrected chi connectivity index (χ2v) is 4.58. The van der Waals surface area contributed by atoms with Gasteiger partial charge in [-0.25, -0.2) is 4.98 Å². The molecule has 1 N–H and O–H groups in total. The number of ether oxygens (including phenoxy) is 1. The van der Waals surface area contributed by atoms with Crippen LogP contribution >= 0.6 is 11.3 Å². The van der Waals surface area contributed by atoms with Gasteiger partial charge >= 0.3 is 0 Å². The van der Waals surface area contributed by atoms with E-state index < -0.39 is 6.10 Å². The Morgan fingerprint density at radius 2 is 2.12 bits per heavy atom. The number of aliphatic hydroxyl groups excluding tert-OH is 1. The number of benzene rings is 1. The second kappa shape index (κ2) is 5.09. The van der Waals surface area contributed by atoms with Crippen LogP contribution in [0, 0.1) is 0 Å². The molecule has 0 bridgehead atoms. The third-order valence-corrected chi connectivity index (χ3v) is 3.23. The fourth-order valence-corrected chi connectivity index (χ4v) is 2.02. The van der Waals surface area contributed by atoms with Crippen molar-refractivity contribution >= 4 is 11.3 Å². The summed E-state index contributed by atoms with van der Waals surface area (Å²) in [5.74, 6) is 0.830. The molecule has 1 aromatic heterocycles. The Balaban J connectivity index is 1.95. The molecule has 0 saturated carbocycles. The first-order chi connectivity index (χ1) is 7.75. The number of para-hydroxylation sites is 1. The minimum absolute atomic E-state index is 0.446. The SMILES string of the molecule is CC(O)c1cnc(COc2ccccc2)s1. The molecule has 0 spiro atoms. The predicted molar refractivity (Wildman–Crippen MR) is 63.5 cm³/mol. The molecular formula is C12H13NO2S. The molecule has 1 heterocycles. The third kappa shape index (κ3) is 2.81. The monoisotopic (exact) mass is 235 g/mol. The maximum Gasteiger partial charge on any atom is 0.140 e. The van der Waals surface area contributed by atoms with E-state index in [1.807, 2.05) is 30.3 Å². The van der Waals surface area contributed by atoms with E-state index in [1.54, 1.807) is 13.1 Å². The molecule has 0 fully saturated rings. The predicted octanol–water partition coefficient (Wildman–Crippen LogP) is 2.78. The maximum atomic E-state index is 9.35. The van der Waals surface area contributed by atoms with Gasteiger partial charge in [-0.2, -0.15) is 0 Å². The number of aliphatic hydroxyl groups is 1. The summed E-state index contributed by atoms with van der Waals surface area (Å²) in [6.07, 6.45) is 1.24. The Bertz CT molecular complexity index is 439. The molecule has 0 amide bonds. The van der Waals surface area contributed by atoms with Gasteiger partial charge in [-0.15, -0.1) is 11.3 Å². The number of hydrogen-bond acceptors (Lipinski definition) is 4. The van der Waals surface area contributed by atoms with Crippen molar-refractivity contribution in [2.45, 2.75) is 19.6 Å². The van der Waals surface area contributed by atoms with E-state index in [9.17, 15) is 5.11 Å². The topological polar surface area (TPSA) is 42.4 Å². The maximum absolute atomic E-state index is 9.35. The van der Waals surface area contributed by atoms with Crippen LogP contribution in [0.3, 0.4) is 0 Å². The fourth-order valence-electron chi connectivity index (χ4n) is 1.25. The lowest BCUT2D eigenvalue weighted by atomic mass is 10.3. The van der Waals surface area contributed by atoms with E-state index in [0.717, 1.165) is 15.6 Å². The van der Waals surface area contributed by atoms with Crippen LogP contribution in [0.1, 0.15) is 22.9 Å². The first kappa shape index (κ1) is 11.1. The van der Waals surface area contributed by atoms with Crippen LogP contribution in [0.4, 0.5) is 0 Å². The molecule has 3 nitrogen and oxygen atoms in total. The van der Waals surface area contributed by atoms with Crippen molar-refractivity contribution in [3.63, 3.8) is 0 Å². The molecule has 0 aliphatic rings. The first-order valence-electron chi connectivity index (χ1n) is 5.06. The number of nitrogens with zero attached hydrogens (tertiary/aromatic N) is 1. The molecule has 1 unspecified atom stereocenters. The average Bonchev–Trinajstić information content (AvgIpc) is 2.76. The van der Waals surface area contributed by atoms with Crippen LogP contribution in [0.5, 0.6) is 5.75 Å². The highest BCUT2D eigenvalue weighted by molar-refractivity contribution is 7.11. The van der Waals surface area contributed by atoms with Crippen molar-refractivity contribution in [3.8, 4) is 5.75 Å². The van der Waals surface area contributed by atoms with Gasteiger partial charge in [0.1, 0.15) is 17.4 Å². The van der Waals surface area contributed by atoms with Gasteiger partial charge in [0.05, 0.1) is 11.0 Å². The number of thiazole rings is 1. The molecule has 2 rings (SSSR count). The Kier molecular flexibility index (Phi) is 3.54. The molecule has 0 aliphatic heterocycles. The molecule has 84 valence electrons. The van der Waals surface area contributed by atoms with Gasteiger partial charge in [0.25, 0.3) is 0 Å². The largest absolute Gasteiger partial charge is 0.486 e. The van der Waals surface area contributed by atoms with Gasteiger partial charge in [0, 0.05) is 6.20 Å². The van der Waals surface area contributed by atoms with Crippen LogP contribution < -0.4 is 4.74 Å². The van der Waals surface area contributed by atoms with E-state index in [-0.39, 0.29) is 0 Å². The minimum atomic E-state index is -0.456. The highest BCUT2D eigenvalue weighted by Gasteiger charge is 2.06. The number of hydrogen-bond donors (Lipinski definition) is 1. The van der Waals surface area contributed by atoms with Crippen LogP contribution in [-0.2, 0) is 6.61 Å². The Labute approximate surface area is 98.4 Å². The van der Waals surface area contributed by atoms with Gasteiger partial charge < -0.3 is 9.84 Å². The molecule has 4 heteroatoms. The lowest BCUT2D eigenvalue weighted by Gasteiger charge is -2.02. The van der Waals surface area contributed by atoms with Crippen molar-refractivity contribution in [3.05, 3.63) is 46.4 Å². The zero-order valence-corrected chi connectivity index (χ0v) is 9.78. The zero-order valence-electron chi connectivity index (χ0n) is 8.96. The van der Waals surface area contributed by atoms with E-state index in [0.29, 0.717) is 6.61 Å². The highest BCUT2D eigenvalue weighted by Crippen LogP contribution is 2.21. The molecule has 2 aromatic rings. The van der Waals surface area contributed by atoms with Crippen LogP contribution in [0.25, 0.3) is 0 Å². The summed E-state index contributed by atoms with van der Waals surface area (Å²) in [4.78, 5) is 5.05. The van der Waals surface area contributed by atoms with Gasteiger partial charge in [0.15, 0.2) is 0 Å².